The van der Waals surface area contributed by atoms with Crippen LogP contribution in [0.3, 0.4) is 0 Å². The van der Waals surface area contributed by atoms with Crippen LogP contribution in [0.15, 0.2) is 47.4 Å². The lowest BCUT2D eigenvalue weighted by Crippen LogP contribution is -2.33. The van der Waals surface area contributed by atoms with Crippen molar-refractivity contribution in [3.8, 4) is 0 Å². The standard InChI is InChI=1S/C20H23ClN2O3S/c1-3-6-14(2)22-20(24)16-9-10-17(21)19(13-16)27(25,26)23-12-11-15-7-4-5-8-18(15)23/h4-5,7-10,13-14H,3,6,11-12H2,1-2H3,(H,22,24)/t14-/m1/s1. The van der Waals surface area contributed by atoms with E-state index in [4.69, 9.17) is 11.6 Å². The molecular weight excluding hydrogens is 384 g/mol. The van der Waals surface area contributed by atoms with Crippen molar-refractivity contribution in [3.05, 3.63) is 58.6 Å². The van der Waals surface area contributed by atoms with Gasteiger partial charge in [-0.2, -0.15) is 0 Å². The Labute approximate surface area is 165 Å². The predicted octanol–water partition coefficient (Wildman–Crippen LogP) is 4.01. The number of anilines is 1. The molecule has 0 aliphatic carbocycles. The number of para-hydroxylation sites is 1. The summed E-state index contributed by atoms with van der Waals surface area (Å²) in [4.78, 5) is 12.4. The van der Waals surface area contributed by atoms with Crippen molar-refractivity contribution in [2.75, 3.05) is 10.8 Å². The van der Waals surface area contributed by atoms with Gasteiger partial charge < -0.3 is 5.32 Å². The van der Waals surface area contributed by atoms with E-state index in [1.807, 2.05) is 32.0 Å². The summed E-state index contributed by atoms with van der Waals surface area (Å²) in [5.41, 5.74) is 1.94. The molecule has 0 bridgehead atoms. The number of hydrogen-bond acceptors (Lipinski definition) is 3. The molecule has 0 saturated heterocycles. The van der Waals surface area contributed by atoms with Crippen LogP contribution in [0.5, 0.6) is 0 Å². The predicted molar refractivity (Wildman–Crippen MR) is 108 cm³/mol. The molecule has 27 heavy (non-hydrogen) atoms. The fourth-order valence-corrected chi connectivity index (χ4v) is 5.34. The second-order valence-electron chi connectivity index (χ2n) is 6.76. The van der Waals surface area contributed by atoms with Crippen LogP contribution >= 0.6 is 11.6 Å². The third-order valence-corrected chi connectivity index (χ3v) is 7.00. The zero-order valence-electron chi connectivity index (χ0n) is 15.4. The number of fused-ring (bicyclic) bond motifs is 1. The number of benzene rings is 2. The van der Waals surface area contributed by atoms with E-state index in [2.05, 4.69) is 5.32 Å². The monoisotopic (exact) mass is 406 g/mol. The van der Waals surface area contributed by atoms with Crippen LogP contribution in [0.2, 0.25) is 5.02 Å². The summed E-state index contributed by atoms with van der Waals surface area (Å²) in [7, 11) is -3.86. The van der Waals surface area contributed by atoms with Gasteiger partial charge in [-0.3, -0.25) is 9.10 Å². The van der Waals surface area contributed by atoms with Crippen molar-refractivity contribution in [1.29, 1.82) is 0 Å². The minimum atomic E-state index is -3.86. The van der Waals surface area contributed by atoms with Crippen molar-refractivity contribution >= 4 is 33.2 Å². The number of carbonyl (C=O) groups excluding carboxylic acids is 1. The van der Waals surface area contributed by atoms with Crippen LogP contribution in [0.1, 0.15) is 42.6 Å². The average Bonchev–Trinajstić information content (AvgIpc) is 3.07. The normalized spacial score (nSPS) is 14.7. The Bertz CT molecular complexity index is 959. The molecule has 7 heteroatoms. The van der Waals surface area contributed by atoms with Crippen LogP contribution in [-0.4, -0.2) is 26.9 Å². The number of halogens is 1. The fourth-order valence-electron chi connectivity index (χ4n) is 3.33. The van der Waals surface area contributed by atoms with E-state index in [1.54, 1.807) is 12.1 Å². The minimum absolute atomic E-state index is 0.0173. The van der Waals surface area contributed by atoms with Gasteiger partial charge in [-0.05, 0) is 49.6 Å². The summed E-state index contributed by atoms with van der Waals surface area (Å²) >= 11 is 6.21. The molecule has 1 N–H and O–H groups in total. The minimum Gasteiger partial charge on any atom is -0.350 e. The first-order valence-corrected chi connectivity index (χ1v) is 10.9. The zero-order valence-corrected chi connectivity index (χ0v) is 17.0. The highest BCUT2D eigenvalue weighted by Crippen LogP contribution is 2.35. The third-order valence-electron chi connectivity index (χ3n) is 4.71. The van der Waals surface area contributed by atoms with Crippen molar-refractivity contribution in [1.82, 2.24) is 5.32 Å². The van der Waals surface area contributed by atoms with Crippen LogP contribution in [0.4, 0.5) is 5.69 Å². The summed E-state index contributed by atoms with van der Waals surface area (Å²) in [6.07, 6.45) is 2.47. The number of nitrogens with zero attached hydrogens (tertiary/aromatic N) is 1. The molecule has 1 atom stereocenters. The highest BCUT2D eigenvalue weighted by molar-refractivity contribution is 7.93. The summed E-state index contributed by atoms with van der Waals surface area (Å²) in [6, 6.07) is 11.8. The lowest BCUT2D eigenvalue weighted by molar-refractivity contribution is 0.0938. The first-order valence-electron chi connectivity index (χ1n) is 9.05. The van der Waals surface area contributed by atoms with E-state index in [9.17, 15) is 13.2 Å². The molecule has 0 aromatic heterocycles. The van der Waals surface area contributed by atoms with Crippen LogP contribution in [-0.2, 0) is 16.4 Å². The Morgan fingerprint density at radius 1 is 1.26 bits per heavy atom. The van der Waals surface area contributed by atoms with Crippen molar-refractivity contribution in [2.45, 2.75) is 44.0 Å². The Balaban J connectivity index is 1.94. The van der Waals surface area contributed by atoms with Crippen LogP contribution < -0.4 is 9.62 Å². The molecule has 1 amide bonds. The molecule has 1 aliphatic heterocycles. The first-order chi connectivity index (χ1) is 12.8. The van der Waals surface area contributed by atoms with Gasteiger partial charge in [-0.15, -0.1) is 0 Å². The SMILES string of the molecule is CCC[C@@H](C)NC(=O)c1ccc(Cl)c(S(=O)(=O)N2CCc3ccccc32)c1. The Morgan fingerprint density at radius 2 is 2.00 bits per heavy atom. The highest BCUT2D eigenvalue weighted by atomic mass is 35.5. The second kappa shape index (κ2) is 7.90. The Morgan fingerprint density at radius 3 is 2.74 bits per heavy atom. The van der Waals surface area contributed by atoms with E-state index < -0.39 is 10.0 Å². The number of carbonyl (C=O) groups is 1. The van der Waals surface area contributed by atoms with Gasteiger partial charge in [0.2, 0.25) is 0 Å². The van der Waals surface area contributed by atoms with Crippen molar-refractivity contribution in [2.24, 2.45) is 0 Å². The maximum Gasteiger partial charge on any atom is 0.265 e. The maximum atomic E-state index is 13.2. The second-order valence-corrected chi connectivity index (χ2v) is 9.00. The van der Waals surface area contributed by atoms with E-state index in [0.717, 1.165) is 18.4 Å². The number of nitrogens with one attached hydrogen (secondary N) is 1. The third kappa shape index (κ3) is 3.96. The number of rotatable bonds is 6. The van der Waals surface area contributed by atoms with E-state index in [-0.39, 0.29) is 27.4 Å². The van der Waals surface area contributed by atoms with E-state index in [1.165, 1.54) is 16.4 Å². The quantitative estimate of drug-likeness (QED) is 0.788. The summed E-state index contributed by atoms with van der Waals surface area (Å²) < 4.78 is 27.8. The van der Waals surface area contributed by atoms with Gasteiger partial charge in [0, 0.05) is 18.2 Å². The lowest BCUT2D eigenvalue weighted by atomic mass is 10.1. The molecule has 0 spiro atoms. The molecule has 1 heterocycles. The zero-order chi connectivity index (χ0) is 19.6. The molecule has 0 saturated carbocycles. The number of hydrogen-bond donors (Lipinski definition) is 1. The van der Waals surface area contributed by atoms with Crippen molar-refractivity contribution < 1.29 is 13.2 Å². The molecule has 2 aromatic carbocycles. The molecular formula is C20H23ClN2O3S. The van der Waals surface area contributed by atoms with Gasteiger partial charge in [-0.1, -0.05) is 43.1 Å². The molecule has 0 fully saturated rings. The molecule has 1 aliphatic rings. The molecule has 0 unspecified atom stereocenters. The van der Waals surface area contributed by atoms with Crippen molar-refractivity contribution in [3.63, 3.8) is 0 Å². The van der Waals surface area contributed by atoms with Gasteiger partial charge in [0.05, 0.1) is 10.7 Å². The average molecular weight is 407 g/mol. The molecule has 0 radical (unpaired) electrons. The molecule has 144 valence electrons. The number of sulfonamides is 1. The Kier molecular flexibility index (Phi) is 5.77. The smallest absolute Gasteiger partial charge is 0.265 e. The van der Waals surface area contributed by atoms with E-state index >= 15 is 0 Å². The van der Waals surface area contributed by atoms with E-state index in [0.29, 0.717) is 18.7 Å². The molecule has 3 rings (SSSR count). The topological polar surface area (TPSA) is 66.5 Å². The maximum absolute atomic E-state index is 13.2. The Hall–Kier alpha value is -2.05. The number of amides is 1. The summed E-state index contributed by atoms with van der Waals surface area (Å²) in [5.74, 6) is -0.300. The summed E-state index contributed by atoms with van der Waals surface area (Å²) in [6.45, 7) is 4.33. The van der Waals surface area contributed by atoms with Gasteiger partial charge in [-0.25, -0.2) is 8.42 Å². The fraction of sp³-hybridized carbons (Fsp3) is 0.350. The molecule has 2 aromatic rings. The summed E-state index contributed by atoms with van der Waals surface area (Å²) in [5, 5.41) is 3.00. The highest BCUT2D eigenvalue weighted by Gasteiger charge is 2.32. The first kappa shape index (κ1) is 19.7. The molecule has 5 nitrogen and oxygen atoms in total. The van der Waals surface area contributed by atoms with Crippen LogP contribution in [0.25, 0.3) is 0 Å². The largest absolute Gasteiger partial charge is 0.350 e. The van der Waals surface area contributed by atoms with Gasteiger partial charge >= 0.3 is 0 Å². The lowest BCUT2D eigenvalue weighted by Gasteiger charge is -2.21. The van der Waals surface area contributed by atoms with Crippen LogP contribution in [0, 0.1) is 0 Å². The van der Waals surface area contributed by atoms with Gasteiger partial charge in [0.15, 0.2) is 0 Å². The van der Waals surface area contributed by atoms with Gasteiger partial charge in [0.1, 0.15) is 4.90 Å². The van der Waals surface area contributed by atoms with Gasteiger partial charge in [0.25, 0.3) is 15.9 Å².